The van der Waals surface area contributed by atoms with Crippen LogP contribution in [-0.2, 0) is 19.5 Å². The Hall–Kier alpha value is -3.01. The Balaban J connectivity index is 1.78. The van der Waals surface area contributed by atoms with Gasteiger partial charge in [0.25, 0.3) is 0 Å². The van der Waals surface area contributed by atoms with Gasteiger partial charge >= 0.3 is 6.03 Å². The Morgan fingerprint density at radius 1 is 1.00 bits per heavy atom. The van der Waals surface area contributed by atoms with Gasteiger partial charge in [-0.05, 0) is 61.6 Å². The van der Waals surface area contributed by atoms with Crippen LogP contribution in [0.1, 0.15) is 50.1 Å². The van der Waals surface area contributed by atoms with E-state index in [4.69, 9.17) is 0 Å². The van der Waals surface area contributed by atoms with Crippen molar-refractivity contribution in [1.29, 1.82) is 0 Å². The van der Waals surface area contributed by atoms with E-state index in [0.717, 1.165) is 24.3 Å². The van der Waals surface area contributed by atoms with Gasteiger partial charge in [-0.25, -0.2) is 4.79 Å². The maximum Gasteiger partial charge on any atom is 0.322 e. The largest absolute Gasteiger partial charge is 0.345 e. The van der Waals surface area contributed by atoms with Gasteiger partial charge in [0.2, 0.25) is 0 Å². The Labute approximate surface area is 186 Å². The van der Waals surface area contributed by atoms with Gasteiger partial charge in [-0.15, -0.1) is 0 Å². The van der Waals surface area contributed by atoms with E-state index in [1.165, 1.54) is 16.7 Å². The van der Waals surface area contributed by atoms with Crippen LogP contribution in [0.4, 0.5) is 10.5 Å². The summed E-state index contributed by atoms with van der Waals surface area (Å²) >= 11 is 0. The van der Waals surface area contributed by atoms with Crippen LogP contribution < -0.4 is 5.32 Å². The smallest absolute Gasteiger partial charge is 0.322 e. The maximum atomic E-state index is 13.3. The zero-order valence-electron chi connectivity index (χ0n) is 19.4. The summed E-state index contributed by atoms with van der Waals surface area (Å²) in [4.78, 5) is 15.2. The van der Waals surface area contributed by atoms with Crippen molar-refractivity contribution >= 4 is 11.7 Å². The molecule has 1 heterocycles. The average molecular weight is 418 g/mol. The SMILES string of the molecule is CCc1ccc(NC(=O)N(Cc2cccn2Cc2cccc(C)c2)[C@H](C)C(C)C)cc1. The number of benzene rings is 2. The number of hydrogen-bond acceptors (Lipinski definition) is 1. The molecule has 31 heavy (non-hydrogen) atoms. The molecule has 0 saturated heterocycles. The number of aromatic nitrogens is 1. The zero-order valence-corrected chi connectivity index (χ0v) is 19.4. The van der Waals surface area contributed by atoms with Crippen molar-refractivity contribution in [2.24, 2.45) is 5.92 Å². The van der Waals surface area contributed by atoms with Crippen LogP contribution in [0.15, 0.2) is 66.9 Å². The minimum absolute atomic E-state index is 0.0613. The van der Waals surface area contributed by atoms with Crippen LogP contribution >= 0.6 is 0 Å². The van der Waals surface area contributed by atoms with E-state index < -0.39 is 0 Å². The second kappa shape index (κ2) is 10.3. The van der Waals surface area contributed by atoms with E-state index in [-0.39, 0.29) is 12.1 Å². The summed E-state index contributed by atoms with van der Waals surface area (Å²) < 4.78 is 2.23. The molecular formula is C27H35N3O. The summed E-state index contributed by atoms with van der Waals surface area (Å²) in [6.07, 6.45) is 3.08. The van der Waals surface area contributed by atoms with Gasteiger partial charge in [0.05, 0.1) is 6.54 Å². The van der Waals surface area contributed by atoms with Crippen molar-refractivity contribution in [3.63, 3.8) is 0 Å². The van der Waals surface area contributed by atoms with Crippen LogP contribution in [0.5, 0.6) is 0 Å². The Morgan fingerprint density at radius 3 is 2.39 bits per heavy atom. The number of nitrogens with zero attached hydrogens (tertiary/aromatic N) is 2. The molecule has 0 saturated carbocycles. The molecule has 0 bridgehead atoms. The third-order valence-electron chi connectivity index (χ3n) is 6.02. The van der Waals surface area contributed by atoms with E-state index in [2.05, 4.69) is 99.2 Å². The number of rotatable bonds is 8. The van der Waals surface area contributed by atoms with Gasteiger partial charge in [0.15, 0.2) is 0 Å². The first-order chi connectivity index (χ1) is 14.9. The fourth-order valence-corrected chi connectivity index (χ4v) is 3.71. The molecule has 2 aromatic carbocycles. The summed E-state index contributed by atoms with van der Waals surface area (Å²) in [7, 11) is 0. The maximum absolute atomic E-state index is 13.3. The molecule has 3 aromatic rings. The molecular weight excluding hydrogens is 382 g/mol. The summed E-state index contributed by atoms with van der Waals surface area (Å²) in [5.41, 5.74) is 5.75. The predicted octanol–water partition coefficient (Wildman–Crippen LogP) is 6.49. The normalized spacial score (nSPS) is 12.1. The fourth-order valence-electron chi connectivity index (χ4n) is 3.71. The third-order valence-corrected chi connectivity index (χ3v) is 6.02. The number of carbonyl (C=O) groups is 1. The van der Waals surface area contributed by atoms with E-state index in [1.807, 2.05) is 17.0 Å². The average Bonchev–Trinajstić information content (AvgIpc) is 3.18. The summed E-state index contributed by atoms with van der Waals surface area (Å²) in [6.45, 7) is 12.1. The van der Waals surface area contributed by atoms with Crippen LogP contribution in [0.25, 0.3) is 0 Å². The lowest BCUT2D eigenvalue weighted by Gasteiger charge is -2.32. The highest BCUT2D eigenvalue weighted by atomic mass is 16.2. The molecule has 0 aliphatic heterocycles. The van der Waals surface area contributed by atoms with E-state index >= 15 is 0 Å². The predicted molar refractivity (Wildman–Crippen MR) is 129 cm³/mol. The first-order valence-corrected chi connectivity index (χ1v) is 11.2. The molecule has 2 amide bonds. The topological polar surface area (TPSA) is 37.3 Å². The molecule has 1 N–H and O–H groups in total. The van der Waals surface area contributed by atoms with Crippen molar-refractivity contribution in [3.05, 3.63) is 89.2 Å². The molecule has 0 aliphatic rings. The van der Waals surface area contributed by atoms with Crippen LogP contribution in [-0.4, -0.2) is 21.5 Å². The number of urea groups is 1. The quantitative estimate of drug-likeness (QED) is 0.447. The minimum atomic E-state index is -0.0613. The second-order valence-corrected chi connectivity index (χ2v) is 8.71. The van der Waals surface area contributed by atoms with Gasteiger partial charge in [-0.2, -0.15) is 0 Å². The van der Waals surface area contributed by atoms with E-state index in [9.17, 15) is 4.79 Å². The molecule has 1 atom stereocenters. The first-order valence-electron chi connectivity index (χ1n) is 11.2. The van der Waals surface area contributed by atoms with Gasteiger partial charge in [-0.1, -0.05) is 62.7 Å². The molecule has 0 spiro atoms. The van der Waals surface area contributed by atoms with Crippen molar-refractivity contribution in [2.45, 2.75) is 60.2 Å². The van der Waals surface area contributed by atoms with Crippen LogP contribution in [0.3, 0.4) is 0 Å². The molecule has 4 heteroatoms. The van der Waals surface area contributed by atoms with Crippen molar-refractivity contribution in [2.75, 3.05) is 5.32 Å². The fraction of sp³-hybridized carbons (Fsp3) is 0.370. The molecule has 0 fully saturated rings. The van der Waals surface area contributed by atoms with Crippen LogP contribution in [0, 0.1) is 12.8 Å². The van der Waals surface area contributed by atoms with Gasteiger partial charge in [-0.3, -0.25) is 0 Å². The number of anilines is 1. The molecule has 0 aliphatic carbocycles. The Morgan fingerprint density at radius 2 is 1.74 bits per heavy atom. The lowest BCUT2D eigenvalue weighted by Crippen LogP contribution is -2.43. The number of carbonyl (C=O) groups excluding carboxylic acids is 1. The highest BCUT2D eigenvalue weighted by Crippen LogP contribution is 2.19. The lowest BCUT2D eigenvalue weighted by atomic mass is 10.0. The number of nitrogens with one attached hydrogen (secondary N) is 1. The Kier molecular flexibility index (Phi) is 7.56. The highest BCUT2D eigenvalue weighted by molar-refractivity contribution is 5.89. The van der Waals surface area contributed by atoms with Crippen molar-refractivity contribution in [3.8, 4) is 0 Å². The van der Waals surface area contributed by atoms with Gasteiger partial charge in [0, 0.05) is 30.2 Å². The molecule has 164 valence electrons. The Bertz CT molecular complexity index is 988. The van der Waals surface area contributed by atoms with E-state index in [0.29, 0.717) is 12.5 Å². The standard InChI is InChI=1S/C27H35N3O/c1-6-23-12-14-25(15-13-23)28-27(31)30(22(5)20(2)3)19-26-11-8-16-29(26)18-24-10-7-9-21(4)17-24/h7-17,20,22H,6,18-19H2,1-5H3,(H,28,31)/t22-/m1/s1. The zero-order chi connectivity index (χ0) is 22.4. The number of hydrogen-bond donors (Lipinski definition) is 1. The first kappa shape index (κ1) is 22.7. The third kappa shape index (κ3) is 6.00. The van der Waals surface area contributed by atoms with Crippen molar-refractivity contribution in [1.82, 2.24) is 9.47 Å². The summed E-state index contributed by atoms with van der Waals surface area (Å²) in [6, 6.07) is 20.9. The highest BCUT2D eigenvalue weighted by Gasteiger charge is 2.24. The van der Waals surface area contributed by atoms with Crippen LogP contribution in [0.2, 0.25) is 0 Å². The molecule has 4 nitrogen and oxygen atoms in total. The number of aryl methyl sites for hydroxylation is 2. The van der Waals surface area contributed by atoms with E-state index in [1.54, 1.807) is 0 Å². The lowest BCUT2D eigenvalue weighted by molar-refractivity contribution is 0.168. The molecule has 0 unspecified atom stereocenters. The van der Waals surface area contributed by atoms with Gasteiger partial charge in [0.1, 0.15) is 0 Å². The second-order valence-electron chi connectivity index (χ2n) is 8.71. The number of amides is 2. The monoisotopic (exact) mass is 417 g/mol. The summed E-state index contributed by atoms with van der Waals surface area (Å²) in [5, 5.41) is 3.10. The summed E-state index contributed by atoms with van der Waals surface area (Å²) in [5.74, 6) is 0.355. The molecule has 0 radical (unpaired) electrons. The molecule has 1 aromatic heterocycles. The van der Waals surface area contributed by atoms with Crippen molar-refractivity contribution < 1.29 is 4.79 Å². The minimum Gasteiger partial charge on any atom is -0.345 e. The van der Waals surface area contributed by atoms with Gasteiger partial charge < -0.3 is 14.8 Å². The molecule has 3 rings (SSSR count).